The number of carbonyl (C=O) groups is 2. The van der Waals surface area contributed by atoms with E-state index in [9.17, 15) is 19.1 Å². The molecular formula is C20H20FNO4. The molecular weight excluding hydrogens is 337 g/mol. The van der Waals surface area contributed by atoms with E-state index in [4.69, 9.17) is 4.74 Å². The third-order valence-corrected chi connectivity index (χ3v) is 4.42. The average Bonchev–Trinajstić information content (AvgIpc) is 3.08. The molecule has 0 radical (unpaired) electrons. The van der Waals surface area contributed by atoms with Crippen LogP contribution in [-0.2, 0) is 4.74 Å². The number of amides is 1. The molecule has 1 fully saturated rings. The third kappa shape index (κ3) is 4.46. The Morgan fingerprint density at radius 1 is 1.27 bits per heavy atom. The molecule has 3 rings (SSSR count). The smallest absolute Gasteiger partial charge is 0.407 e. The van der Waals surface area contributed by atoms with Gasteiger partial charge in [-0.15, -0.1) is 0 Å². The normalized spacial score (nSPS) is 17.5. The van der Waals surface area contributed by atoms with Crippen molar-refractivity contribution in [2.45, 2.75) is 31.4 Å². The number of hydrogen-bond acceptors (Lipinski definition) is 4. The molecule has 136 valence electrons. The highest BCUT2D eigenvalue weighted by Crippen LogP contribution is 2.22. The maximum absolute atomic E-state index is 12.9. The number of carbonyl (C=O) groups excluding carboxylic acids is 2. The summed E-state index contributed by atoms with van der Waals surface area (Å²) in [7, 11) is 0. The number of cyclic esters (lactones) is 1. The zero-order valence-electron chi connectivity index (χ0n) is 14.2. The number of benzene rings is 2. The summed E-state index contributed by atoms with van der Waals surface area (Å²) in [6, 6.07) is 12.6. The molecule has 5 nitrogen and oxygen atoms in total. The SMILES string of the molecule is O=C1N[C@@H](c2cccc(C(=O)CCC[C@@H](O)c3ccc(F)cc3)c2)CO1. The number of hydrogen-bond donors (Lipinski definition) is 2. The first-order chi connectivity index (χ1) is 12.5. The van der Waals surface area contributed by atoms with E-state index in [-0.39, 0.29) is 24.2 Å². The topological polar surface area (TPSA) is 75.6 Å². The zero-order valence-corrected chi connectivity index (χ0v) is 14.2. The van der Waals surface area contributed by atoms with Gasteiger partial charge in [0.2, 0.25) is 0 Å². The summed E-state index contributed by atoms with van der Waals surface area (Å²) in [5.74, 6) is -0.372. The quantitative estimate of drug-likeness (QED) is 0.741. The molecule has 2 N–H and O–H groups in total. The van der Waals surface area contributed by atoms with Gasteiger partial charge in [-0.2, -0.15) is 0 Å². The molecule has 1 amide bonds. The molecule has 0 saturated carbocycles. The molecule has 0 spiro atoms. The number of halogens is 1. The van der Waals surface area contributed by atoms with Gasteiger partial charge in [0, 0.05) is 12.0 Å². The van der Waals surface area contributed by atoms with E-state index in [1.165, 1.54) is 12.1 Å². The van der Waals surface area contributed by atoms with Crippen molar-refractivity contribution in [3.63, 3.8) is 0 Å². The Morgan fingerprint density at radius 2 is 2.04 bits per heavy atom. The molecule has 2 atom stereocenters. The lowest BCUT2D eigenvalue weighted by atomic mass is 9.98. The van der Waals surface area contributed by atoms with Crippen molar-refractivity contribution < 1.29 is 23.8 Å². The predicted octanol–water partition coefficient (Wildman–Crippen LogP) is 3.69. The van der Waals surface area contributed by atoms with Crippen LogP contribution in [0.4, 0.5) is 9.18 Å². The molecule has 0 bridgehead atoms. The molecule has 0 aliphatic carbocycles. The molecule has 0 aromatic heterocycles. The summed E-state index contributed by atoms with van der Waals surface area (Å²) in [5, 5.41) is 12.8. The van der Waals surface area contributed by atoms with Gasteiger partial charge >= 0.3 is 6.09 Å². The third-order valence-electron chi connectivity index (χ3n) is 4.42. The van der Waals surface area contributed by atoms with E-state index in [1.807, 2.05) is 6.07 Å². The lowest BCUT2D eigenvalue weighted by Crippen LogP contribution is -2.18. The van der Waals surface area contributed by atoms with Gasteiger partial charge in [-0.1, -0.05) is 30.3 Å². The van der Waals surface area contributed by atoms with Crippen LogP contribution >= 0.6 is 0 Å². The van der Waals surface area contributed by atoms with Gasteiger partial charge in [0.1, 0.15) is 12.4 Å². The average molecular weight is 357 g/mol. The van der Waals surface area contributed by atoms with Gasteiger partial charge < -0.3 is 15.2 Å². The minimum Gasteiger partial charge on any atom is -0.447 e. The number of alkyl carbamates (subject to hydrolysis) is 1. The molecule has 1 aliphatic rings. The first-order valence-electron chi connectivity index (χ1n) is 8.53. The summed E-state index contributed by atoms with van der Waals surface area (Å²) in [6.45, 7) is 0.250. The van der Waals surface area contributed by atoms with Gasteiger partial charge in [0.25, 0.3) is 0 Å². The van der Waals surface area contributed by atoms with Crippen LogP contribution in [0.15, 0.2) is 48.5 Å². The fourth-order valence-corrected chi connectivity index (χ4v) is 2.94. The van der Waals surface area contributed by atoms with Gasteiger partial charge in [-0.05, 0) is 42.2 Å². The Labute approximate surface area is 150 Å². The highest BCUT2D eigenvalue weighted by molar-refractivity contribution is 5.96. The van der Waals surface area contributed by atoms with Crippen LogP contribution in [0.2, 0.25) is 0 Å². The Kier molecular flexibility index (Phi) is 5.63. The number of nitrogens with one attached hydrogen (secondary N) is 1. The summed E-state index contributed by atoms with van der Waals surface area (Å²) in [4.78, 5) is 23.5. The second-order valence-corrected chi connectivity index (χ2v) is 6.30. The van der Waals surface area contributed by atoms with Crippen LogP contribution in [0.1, 0.15) is 52.9 Å². The number of aliphatic hydroxyl groups is 1. The summed E-state index contributed by atoms with van der Waals surface area (Å²) < 4.78 is 17.8. The number of Topliss-reactive ketones (excluding diaryl/α,β-unsaturated/α-hetero) is 1. The van der Waals surface area contributed by atoms with Crippen molar-refractivity contribution in [2.75, 3.05) is 6.61 Å². The lowest BCUT2D eigenvalue weighted by Gasteiger charge is -2.11. The molecule has 2 aromatic rings. The molecule has 0 unspecified atom stereocenters. The van der Waals surface area contributed by atoms with Crippen molar-refractivity contribution in [1.29, 1.82) is 0 Å². The van der Waals surface area contributed by atoms with Gasteiger partial charge in [-0.25, -0.2) is 9.18 Å². The van der Waals surface area contributed by atoms with E-state index < -0.39 is 12.2 Å². The Bertz CT molecular complexity index is 791. The summed E-state index contributed by atoms with van der Waals surface area (Å²) in [6.07, 6.45) is 0.0612. The Balaban J connectivity index is 1.53. The number of aliphatic hydroxyl groups excluding tert-OH is 1. The Hall–Kier alpha value is -2.73. The van der Waals surface area contributed by atoms with Gasteiger partial charge in [0.15, 0.2) is 5.78 Å². The molecule has 1 heterocycles. The molecule has 2 aromatic carbocycles. The zero-order chi connectivity index (χ0) is 18.5. The fraction of sp³-hybridized carbons (Fsp3) is 0.300. The van der Waals surface area contributed by atoms with Crippen molar-refractivity contribution in [3.8, 4) is 0 Å². The second-order valence-electron chi connectivity index (χ2n) is 6.30. The van der Waals surface area contributed by atoms with Crippen molar-refractivity contribution in [1.82, 2.24) is 5.32 Å². The lowest BCUT2D eigenvalue weighted by molar-refractivity contribution is 0.0968. The van der Waals surface area contributed by atoms with Crippen LogP contribution in [0, 0.1) is 5.82 Å². The van der Waals surface area contributed by atoms with Crippen molar-refractivity contribution >= 4 is 11.9 Å². The van der Waals surface area contributed by atoms with Gasteiger partial charge in [-0.3, -0.25) is 4.79 Å². The van der Waals surface area contributed by atoms with Crippen LogP contribution in [0.25, 0.3) is 0 Å². The maximum Gasteiger partial charge on any atom is 0.407 e. The maximum atomic E-state index is 12.9. The van der Waals surface area contributed by atoms with Crippen LogP contribution in [0.3, 0.4) is 0 Å². The standard InChI is InChI=1S/C20H20FNO4/c21-16-9-7-13(8-10-16)18(23)5-2-6-19(24)15-4-1-3-14(11-15)17-12-26-20(25)22-17/h1,3-4,7-11,17-18,23H,2,5-6,12H2,(H,22,25)/t17-,18-/m1/s1. The van der Waals surface area contributed by atoms with E-state index in [0.717, 1.165) is 5.56 Å². The first kappa shape index (κ1) is 18.1. The van der Waals surface area contributed by atoms with Crippen LogP contribution in [-0.4, -0.2) is 23.6 Å². The monoisotopic (exact) mass is 357 g/mol. The molecule has 6 heteroatoms. The van der Waals surface area contributed by atoms with E-state index in [2.05, 4.69) is 5.32 Å². The minimum absolute atomic E-state index is 0.0246. The minimum atomic E-state index is -0.722. The van der Waals surface area contributed by atoms with E-state index >= 15 is 0 Å². The van der Waals surface area contributed by atoms with E-state index in [0.29, 0.717) is 30.4 Å². The number of ether oxygens (including phenoxy) is 1. The molecule has 1 aliphatic heterocycles. The summed E-state index contributed by atoms with van der Waals surface area (Å²) >= 11 is 0. The Morgan fingerprint density at radius 3 is 2.73 bits per heavy atom. The number of rotatable bonds is 7. The van der Waals surface area contributed by atoms with Crippen LogP contribution in [0.5, 0.6) is 0 Å². The predicted molar refractivity (Wildman–Crippen MR) is 93.2 cm³/mol. The summed E-state index contributed by atoms with van der Waals surface area (Å²) in [5.41, 5.74) is 2.03. The molecule has 26 heavy (non-hydrogen) atoms. The van der Waals surface area contributed by atoms with E-state index in [1.54, 1.807) is 30.3 Å². The first-order valence-corrected chi connectivity index (χ1v) is 8.53. The highest BCUT2D eigenvalue weighted by atomic mass is 19.1. The fourth-order valence-electron chi connectivity index (χ4n) is 2.94. The van der Waals surface area contributed by atoms with Gasteiger partial charge in [0.05, 0.1) is 12.1 Å². The largest absolute Gasteiger partial charge is 0.447 e. The van der Waals surface area contributed by atoms with Crippen molar-refractivity contribution in [2.24, 2.45) is 0 Å². The number of ketones is 1. The second kappa shape index (κ2) is 8.10. The van der Waals surface area contributed by atoms with Crippen LogP contribution < -0.4 is 5.32 Å². The molecule has 1 saturated heterocycles. The van der Waals surface area contributed by atoms with Crippen molar-refractivity contribution in [3.05, 3.63) is 71.0 Å². The highest BCUT2D eigenvalue weighted by Gasteiger charge is 2.24.